The van der Waals surface area contributed by atoms with E-state index in [0.29, 0.717) is 6.04 Å². The van der Waals surface area contributed by atoms with E-state index in [9.17, 15) is 0 Å². The maximum atomic E-state index is 4.49. The maximum Gasteiger partial charge on any atom is 0.0738 e. The summed E-state index contributed by atoms with van der Waals surface area (Å²) in [5, 5.41) is 10.3. The first-order valence-corrected chi connectivity index (χ1v) is 9.22. The van der Waals surface area contributed by atoms with Crippen molar-refractivity contribution in [1.82, 2.24) is 15.1 Å². The van der Waals surface area contributed by atoms with Gasteiger partial charge < -0.3 is 5.32 Å². The van der Waals surface area contributed by atoms with Crippen LogP contribution in [-0.4, -0.2) is 22.4 Å². The smallest absolute Gasteiger partial charge is 0.0738 e. The third-order valence-corrected chi connectivity index (χ3v) is 5.72. The van der Waals surface area contributed by atoms with Crippen molar-refractivity contribution in [3.05, 3.63) is 38.3 Å². The summed E-state index contributed by atoms with van der Waals surface area (Å²) in [7, 11) is 2.03. The highest BCUT2D eigenvalue weighted by Gasteiger charge is 2.16. The number of hydrogen-bond donors (Lipinski definition) is 1. The van der Waals surface area contributed by atoms with E-state index in [4.69, 9.17) is 0 Å². The van der Waals surface area contributed by atoms with Gasteiger partial charge in [-0.25, -0.2) is 0 Å². The molecule has 0 aromatic carbocycles. The molecular formula is C16H24BrN3S. The van der Waals surface area contributed by atoms with Crippen molar-refractivity contribution in [2.75, 3.05) is 6.54 Å². The summed E-state index contributed by atoms with van der Waals surface area (Å²) in [5.41, 5.74) is 2.36. The monoisotopic (exact) mass is 369 g/mol. The van der Waals surface area contributed by atoms with Crippen LogP contribution >= 0.6 is 27.3 Å². The maximum absolute atomic E-state index is 4.49. The number of thiophene rings is 1. The molecule has 0 radical (unpaired) electrons. The predicted octanol–water partition coefficient (Wildman–Crippen LogP) is 4.10. The van der Waals surface area contributed by atoms with Crippen molar-refractivity contribution in [3.63, 3.8) is 0 Å². The van der Waals surface area contributed by atoms with Gasteiger partial charge in [-0.15, -0.1) is 11.3 Å². The molecule has 2 aromatic heterocycles. The Kier molecular flexibility index (Phi) is 6.45. The topological polar surface area (TPSA) is 29.9 Å². The second-order valence-corrected chi connectivity index (χ2v) is 7.23. The molecule has 0 saturated heterocycles. The van der Waals surface area contributed by atoms with Gasteiger partial charge in [-0.1, -0.05) is 13.0 Å². The average Bonchev–Trinajstić information content (AvgIpc) is 3.03. The molecule has 0 aliphatic rings. The minimum Gasteiger partial charge on any atom is -0.314 e. The molecule has 0 aliphatic heterocycles. The number of likely N-dealkylation sites (N-methyl/N-ethyl adjacent to an activating group) is 1. The lowest BCUT2D eigenvalue weighted by atomic mass is 10.0. The fraction of sp³-hybridized carbons (Fsp3) is 0.562. The molecule has 2 rings (SSSR count). The molecule has 0 aliphatic carbocycles. The second kappa shape index (κ2) is 8.11. The molecule has 1 atom stereocenters. The summed E-state index contributed by atoms with van der Waals surface area (Å²) in [6, 6.07) is 4.88. The largest absolute Gasteiger partial charge is 0.314 e. The summed E-state index contributed by atoms with van der Waals surface area (Å²) in [5.74, 6) is 0. The van der Waals surface area contributed by atoms with Gasteiger partial charge in [0.1, 0.15) is 0 Å². The predicted molar refractivity (Wildman–Crippen MR) is 94.1 cm³/mol. The van der Waals surface area contributed by atoms with Crippen LogP contribution in [0.15, 0.2) is 22.0 Å². The fourth-order valence-corrected chi connectivity index (χ4v) is 3.93. The molecule has 0 amide bonds. The van der Waals surface area contributed by atoms with Crippen LogP contribution in [0.25, 0.3) is 0 Å². The molecule has 1 unspecified atom stereocenters. The number of nitrogens with zero attached hydrogens (tertiary/aromatic N) is 2. The molecule has 2 heterocycles. The van der Waals surface area contributed by atoms with Crippen LogP contribution in [0.5, 0.6) is 0 Å². The second-order valence-electron chi connectivity index (χ2n) is 5.40. The van der Waals surface area contributed by atoms with E-state index in [2.05, 4.69) is 50.8 Å². The normalized spacial score (nSPS) is 12.8. The van der Waals surface area contributed by atoms with Crippen molar-refractivity contribution in [2.24, 2.45) is 7.05 Å². The van der Waals surface area contributed by atoms with E-state index >= 15 is 0 Å². The van der Waals surface area contributed by atoms with Crippen LogP contribution < -0.4 is 5.32 Å². The Labute approximate surface area is 139 Å². The van der Waals surface area contributed by atoms with Crippen molar-refractivity contribution < 1.29 is 0 Å². The van der Waals surface area contributed by atoms with Crippen LogP contribution in [-0.2, 0) is 19.9 Å². The molecule has 116 valence electrons. The summed E-state index contributed by atoms with van der Waals surface area (Å²) < 4.78 is 3.16. The first-order valence-electron chi connectivity index (χ1n) is 7.55. The molecule has 2 aromatic rings. The van der Waals surface area contributed by atoms with E-state index in [1.807, 2.05) is 30.0 Å². The van der Waals surface area contributed by atoms with Crippen molar-refractivity contribution in [2.45, 2.75) is 45.6 Å². The highest BCUT2D eigenvalue weighted by Crippen LogP contribution is 2.22. The third kappa shape index (κ3) is 4.66. The van der Waals surface area contributed by atoms with Crippen LogP contribution in [0.4, 0.5) is 0 Å². The van der Waals surface area contributed by atoms with Gasteiger partial charge in [0.25, 0.3) is 0 Å². The molecule has 1 N–H and O–H groups in total. The zero-order valence-corrected chi connectivity index (χ0v) is 15.4. The molecular weight excluding hydrogens is 346 g/mol. The number of aromatic nitrogens is 2. The molecule has 0 spiro atoms. The van der Waals surface area contributed by atoms with Gasteiger partial charge in [0.15, 0.2) is 0 Å². The molecule has 21 heavy (non-hydrogen) atoms. The zero-order chi connectivity index (χ0) is 15.2. The highest BCUT2D eigenvalue weighted by molar-refractivity contribution is 9.10. The zero-order valence-electron chi connectivity index (χ0n) is 13.0. The molecule has 0 fully saturated rings. The molecule has 0 saturated carbocycles. The van der Waals surface area contributed by atoms with Gasteiger partial charge in [0, 0.05) is 24.4 Å². The third-order valence-electron chi connectivity index (χ3n) is 3.75. The van der Waals surface area contributed by atoms with E-state index in [-0.39, 0.29) is 0 Å². The van der Waals surface area contributed by atoms with Crippen molar-refractivity contribution in [3.8, 4) is 0 Å². The lowest BCUT2D eigenvalue weighted by molar-refractivity contribution is 0.464. The minimum absolute atomic E-state index is 0.515. The number of hydrogen-bond acceptors (Lipinski definition) is 3. The fourth-order valence-electron chi connectivity index (χ4n) is 2.68. The van der Waals surface area contributed by atoms with Gasteiger partial charge in [-0.2, -0.15) is 5.10 Å². The van der Waals surface area contributed by atoms with Gasteiger partial charge in [0.2, 0.25) is 0 Å². The Morgan fingerprint density at radius 3 is 2.86 bits per heavy atom. The first kappa shape index (κ1) is 16.7. The summed E-state index contributed by atoms with van der Waals surface area (Å²) in [4.78, 5) is 1.49. The number of aryl methyl sites for hydroxylation is 3. The SMILES string of the molecule is CCNC(CCCc1cccs1)Cc1c(Br)c(C)nn1C. The van der Waals surface area contributed by atoms with Crippen LogP contribution in [0.2, 0.25) is 0 Å². The summed E-state index contributed by atoms with van der Waals surface area (Å²) in [6.45, 7) is 5.24. The molecule has 5 heteroatoms. The quantitative estimate of drug-likeness (QED) is 0.758. The van der Waals surface area contributed by atoms with Gasteiger partial charge in [0.05, 0.1) is 15.9 Å². The Hall–Kier alpha value is -0.650. The van der Waals surface area contributed by atoms with Crippen LogP contribution in [0.3, 0.4) is 0 Å². The summed E-state index contributed by atoms with van der Waals surface area (Å²) in [6.07, 6.45) is 4.64. The number of halogens is 1. The Morgan fingerprint density at radius 2 is 2.29 bits per heavy atom. The Bertz CT molecular complexity index is 548. The van der Waals surface area contributed by atoms with Crippen molar-refractivity contribution >= 4 is 27.3 Å². The van der Waals surface area contributed by atoms with Gasteiger partial charge >= 0.3 is 0 Å². The Morgan fingerprint density at radius 1 is 1.48 bits per heavy atom. The van der Waals surface area contributed by atoms with Gasteiger partial charge in [-0.05, 0) is 60.1 Å². The van der Waals surface area contributed by atoms with Crippen molar-refractivity contribution in [1.29, 1.82) is 0 Å². The lowest BCUT2D eigenvalue weighted by Gasteiger charge is -2.18. The minimum atomic E-state index is 0.515. The summed E-state index contributed by atoms with van der Waals surface area (Å²) >= 11 is 5.53. The number of rotatable bonds is 8. The standard InChI is InChI=1S/C16H24BrN3S/c1-4-18-13(7-5-8-14-9-6-10-21-14)11-15-16(17)12(2)19-20(15)3/h6,9-10,13,18H,4-5,7-8,11H2,1-3H3. The first-order chi connectivity index (χ1) is 10.1. The van der Waals surface area contributed by atoms with Crippen LogP contribution in [0.1, 0.15) is 36.0 Å². The number of nitrogens with one attached hydrogen (secondary N) is 1. The van der Waals surface area contributed by atoms with Gasteiger partial charge in [-0.3, -0.25) is 4.68 Å². The van der Waals surface area contributed by atoms with Crippen LogP contribution in [0, 0.1) is 6.92 Å². The Balaban J connectivity index is 1.92. The molecule has 0 bridgehead atoms. The lowest BCUT2D eigenvalue weighted by Crippen LogP contribution is -2.31. The van der Waals surface area contributed by atoms with E-state index < -0.39 is 0 Å². The molecule has 3 nitrogen and oxygen atoms in total. The van der Waals surface area contributed by atoms with E-state index in [0.717, 1.165) is 23.1 Å². The highest BCUT2D eigenvalue weighted by atomic mass is 79.9. The van der Waals surface area contributed by atoms with E-state index in [1.165, 1.54) is 29.8 Å². The van der Waals surface area contributed by atoms with E-state index in [1.54, 1.807) is 0 Å². The average molecular weight is 370 g/mol.